The largest absolute Gasteiger partial charge is 0.465 e. The van der Waals surface area contributed by atoms with Gasteiger partial charge in [-0.25, -0.2) is 9.59 Å². The molecule has 1 amide bonds. The number of carbonyl (C=O) groups is 3. The SMILES string of the molecule is COC(=O)C1=C(C(=O)OC)N(c2cccc3c2CC(C)(C)C(=O)N3)C=CC=C1. The molecule has 2 heterocycles. The van der Waals surface area contributed by atoms with E-state index in [9.17, 15) is 14.4 Å². The Morgan fingerprint density at radius 3 is 2.50 bits per heavy atom. The summed E-state index contributed by atoms with van der Waals surface area (Å²) in [6.07, 6.45) is 7.03. The van der Waals surface area contributed by atoms with Crippen molar-refractivity contribution in [2.45, 2.75) is 20.3 Å². The Hall–Kier alpha value is -3.35. The van der Waals surface area contributed by atoms with Crippen LogP contribution in [0.1, 0.15) is 19.4 Å². The van der Waals surface area contributed by atoms with Gasteiger partial charge in [0, 0.05) is 22.9 Å². The highest BCUT2D eigenvalue weighted by Gasteiger charge is 2.36. The average molecular weight is 382 g/mol. The van der Waals surface area contributed by atoms with Crippen molar-refractivity contribution in [1.29, 1.82) is 0 Å². The number of fused-ring (bicyclic) bond motifs is 1. The highest BCUT2D eigenvalue weighted by Crippen LogP contribution is 2.40. The minimum Gasteiger partial charge on any atom is -0.465 e. The molecule has 0 spiro atoms. The second-order valence-electron chi connectivity index (χ2n) is 7.13. The van der Waals surface area contributed by atoms with Gasteiger partial charge in [-0.1, -0.05) is 26.0 Å². The van der Waals surface area contributed by atoms with Crippen molar-refractivity contribution in [2.75, 3.05) is 24.4 Å². The van der Waals surface area contributed by atoms with Gasteiger partial charge in [-0.2, -0.15) is 0 Å². The number of allylic oxidation sites excluding steroid dienone is 2. The molecule has 0 aromatic heterocycles. The number of esters is 2. The lowest BCUT2D eigenvalue weighted by Crippen LogP contribution is -2.38. The van der Waals surface area contributed by atoms with Crippen LogP contribution in [0.2, 0.25) is 0 Å². The van der Waals surface area contributed by atoms with Gasteiger partial charge in [0.15, 0.2) is 0 Å². The highest BCUT2D eigenvalue weighted by atomic mass is 16.5. The predicted molar refractivity (Wildman–Crippen MR) is 104 cm³/mol. The normalized spacial score (nSPS) is 17.6. The number of carbonyl (C=O) groups excluding carboxylic acids is 3. The van der Waals surface area contributed by atoms with Crippen LogP contribution in [0.3, 0.4) is 0 Å². The molecule has 0 atom stereocenters. The third-order valence-electron chi connectivity index (χ3n) is 4.78. The summed E-state index contributed by atoms with van der Waals surface area (Å²) in [4.78, 5) is 38.9. The lowest BCUT2D eigenvalue weighted by molar-refractivity contribution is -0.139. The second-order valence-corrected chi connectivity index (χ2v) is 7.13. The van der Waals surface area contributed by atoms with Crippen molar-refractivity contribution in [2.24, 2.45) is 5.41 Å². The molecule has 28 heavy (non-hydrogen) atoms. The van der Waals surface area contributed by atoms with E-state index >= 15 is 0 Å². The Morgan fingerprint density at radius 1 is 1.11 bits per heavy atom. The molecule has 7 heteroatoms. The van der Waals surface area contributed by atoms with Gasteiger partial charge < -0.3 is 19.7 Å². The summed E-state index contributed by atoms with van der Waals surface area (Å²) in [7, 11) is 2.51. The molecular weight excluding hydrogens is 360 g/mol. The van der Waals surface area contributed by atoms with E-state index in [0.29, 0.717) is 17.8 Å². The number of hydrogen-bond donors (Lipinski definition) is 1. The molecule has 0 bridgehead atoms. The van der Waals surface area contributed by atoms with E-state index in [-0.39, 0.29) is 17.2 Å². The van der Waals surface area contributed by atoms with Crippen LogP contribution in [0, 0.1) is 5.41 Å². The fourth-order valence-corrected chi connectivity index (χ4v) is 3.27. The van der Waals surface area contributed by atoms with Crippen LogP contribution in [0.25, 0.3) is 0 Å². The van der Waals surface area contributed by atoms with E-state index in [0.717, 1.165) is 5.56 Å². The number of hydrogen-bond acceptors (Lipinski definition) is 6. The first kappa shape index (κ1) is 19.4. The van der Waals surface area contributed by atoms with Gasteiger partial charge in [0.25, 0.3) is 0 Å². The molecule has 0 radical (unpaired) electrons. The number of anilines is 2. The lowest BCUT2D eigenvalue weighted by Gasteiger charge is -2.34. The number of benzene rings is 1. The summed E-state index contributed by atoms with van der Waals surface area (Å²) in [6, 6.07) is 5.43. The van der Waals surface area contributed by atoms with Crippen LogP contribution in [0.15, 0.2) is 53.9 Å². The summed E-state index contributed by atoms with van der Waals surface area (Å²) in [5.41, 5.74) is 1.73. The minimum absolute atomic E-state index is 0.0439. The molecule has 1 aromatic rings. The number of methoxy groups -OCH3 is 2. The van der Waals surface area contributed by atoms with E-state index in [4.69, 9.17) is 9.47 Å². The van der Waals surface area contributed by atoms with E-state index in [1.54, 1.807) is 29.3 Å². The van der Waals surface area contributed by atoms with Gasteiger partial charge in [0.05, 0.1) is 25.5 Å². The fraction of sp³-hybridized carbons (Fsp3) is 0.286. The van der Waals surface area contributed by atoms with E-state index in [2.05, 4.69) is 5.32 Å². The van der Waals surface area contributed by atoms with Gasteiger partial charge >= 0.3 is 11.9 Å². The van der Waals surface area contributed by atoms with Crippen molar-refractivity contribution in [3.8, 4) is 0 Å². The Morgan fingerprint density at radius 2 is 1.82 bits per heavy atom. The Bertz CT molecular complexity index is 940. The van der Waals surface area contributed by atoms with E-state index in [1.165, 1.54) is 20.3 Å². The Labute approximate surface area is 163 Å². The maximum atomic E-state index is 12.6. The van der Waals surface area contributed by atoms with Gasteiger partial charge in [0.2, 0.25) is 5.91 Å². The summed E-state index contributed by atoms with van der Waals surface area (Å²) in [6.45, 7) is 3.72. The monoisotopic (exact) mass is 382 g/mol. The number of ether oxygens (including phenoxy) is 2. The molecule has 3 rings (SSSR count). The van der Waals surface area contributed by atoms with Crippen LogP contribution in [-0.4, -0.2) is 32.1 Å². The molecule has 0 unspecified atom stereocenters. The molecule has 2 aliphatic rings. The molecule has 0 aliphatic carbocycles. The van der Waals surface area contributed by atoms with Crippen LogP contribution in [-0.2, 0) is 30.3 Å². The van der Waals surface area contributed by atoms with Gasteiger partial charge in [-0.3, -0.25) is 4.79 Å². The third kappa shape index (κ3) is 3.31. The van der Waals surface area contributed by atoms with Crippen molar-refractivity contribution >= 4 is 29.2 Å². The number of nitrogens with one attached hydrogen (secondary N) is 1. The number of amides is 1. The van der Waals surface area contributed by atoms with Crippen LogP contribution in [0.4, 0.5) is 11.4 Å². The molecule has 0 saturated carbocycles. The van der Waals surface area contributed by atoms with Gasteiger partial charge in [0.1, 0.15) is 5.70 Å². The summed E-state index contributed by atoms with van der Waals surface area (Å²) < 4.78 is 9.79. The van der Waals surface area contributed by atoms with Crippen LogP contribution < -0.4 is 10.2 Å². The van der Waals surface area contributed by atoms with E-state index in [1.807, 2.05) is 26.0 Å². The maximum Gasteiger partial charge on any atom is 0.355 e. The molecule has 146 valence electrons. The molecule has 0 saturated heterocycles. The Kier molecular flexibility index (Phi) is 5.09. The second kappa shape index (κ2) is 7.34. The smallest absolute Gasteiger partial charge is 0.355 e. The van der Waals surface area contributed by atoms with Crippen molar-refractivity contribution in [3.05, 3.63) is 59.5 Å². The third-order valence-corrected chi connectivity index (χ3v) is 4.78. The van der Waals surface area contributed by atoms with Crippen molar-refractivity contribution in [3.63, 3.8) is 0 Å². The zero-order chi connectivity index (χ0) is 20.5. The van der Waals surface area contributed by atoms with Gasteiger partial charge in [-0.15, -0.1) is 0 Å². The first-order valence-corrected chi connectivity index (χ1v) is 8.78. The first-order chi connectivity index (χ1) is 13.3. The highest BCUT2D eigenvalue weighted by molar-refractivity contribution is 6.06. The van der Waals surface area contributed by atoms with E-state index < -0.39 is 17.4 Å². The zero-order valence-electron chi connectivity index (χ0n) is 16.2. The topological polar surface area (TPSA) is 84.9 Å². The van der Waals surface area contributed by atoms with Gasteiger partial charge in [-0.05, 0) is 30.7 Å². The minimum atomic E-state index is -0.673. The first-order valence-electron chi connectivity index (χ1n) is 8.78. The summed E-state index contributed by atoms with van der Waals surface area (Å²) in [5, 5.41) is 2.92. The quantitative estimate of drug-likeness (QED) is 0.809. The van der Waals surface area contributed by atoms with Crippen LogP contribution >= 0.6 is 0 Å². The lowest BCUT2D eigenvalue weighted by atomic mass is 9.80. The van der Waals surface area contributed by atoms with Crippen molar-refractivity contribution < 1.29 is 23.9 Å². The molecule has 1 N–H and O–H groups in total. The van der Waals surface area contributed by atoms with Crippen molar-refractivity contribution in [1.82, 2.24) is 0 Å². The maximum absolute atomic E-state index is 12.6. The standard InChI is InChI=1S/C21H22N2O5/c1-21(2)12-14-15(22-20(21)26)9-7-10-16(14)23-11-6-5-8-13(18(24)27-3)17(23)19(25)28-4/h5-11H,12H2,1-4H3,(H,22,26). The number of rotatable bonds is 3. The predicted octanol–water partition coefficient (Wildman–Crippen LogP) is 2.70. The number of nitrogens with zero attached hydrogens (tertiary/aromatic N) is 1. The fourth-order valence-electron chi connectivity index (χ4n) is 3.27. The molecule has 2 aliphatic heterocycles. The zero-order valence-corrected chi connectivity index (χ0v) is 16.2. The summed E-state index contributed by atoms with van der Waals surface area (Å²) in [5.74, 6) is -1.39. The molecule has 1 aromatic carbocycles. The molecule has 0 fully saturated rings. The molecular formula is C21H22N2O5. The Balaban J connectivity index is 2.22. The van der Waals surface area contributed by atoms with Crippen LogP contribution in [0.5, 0.6) is 0 Å². The summed E-state index contributed by atoms with van der Waals surface area (Å²) >= 11 is 0. The molecule has 7 nitrogen and oxygen atoms in total. The average Bonchev–Trinajstić information content (AvgIpc) is 2.90.